The van der Waals surface area contributed by atoms with Crippen molar-refractivity contribution >= 4 is 10.9 Å². The Balaban J connectivity index is 2.24. The lowest BCUT2D eigenvalue weighted by Crippen LogP contribution is -1.85. The molecule has 2 aromatic rings. The summed E-state index contributed by atoms with van der Waals surface area (Å²) in [6.45, 7) is 0. The van der Waals surface area contributed by atoms with Gasteiger partial charge in [-0.25, -0.2) is 10.9 Å². The summed E-state index contributed by atoms with van der Waals surface area (Å²) in [7, 11) is 1.45. The van der Waals surface area contributed by atoms with Crippen LogP contribution in [0.1, 0.15) is 0 Å². The molecular weight excluding hydrogens is 216 g/mol. The highest BCUT2D eigenvalue weighted by Gasteiger charge is 2.03. The molecular formula is C14H16OS. The topological polar surface area (TPSA) is 9.23 Å². The Hall–Kier alpha value is -1.41. The van der Waals surface area contributed by atoms with E-state index in [1.54, 1.807) is 7.11 Å². The average molecular weight is 232 g/mol. The van der Waals surface area contributed by atoms with Crippen molar-refractivity contribution in [2.45, 2.75) is 9.79 Å². The maximum absolute atomic E-state index is 5.16. The lowest BCUT2D eigenvalue weighted by atomic mass is 10.3. The predicted molar refractivity (Wildman–Crippen MR) is 70.9 cm³/mol. The van der Waals surface area contributed by atoms with Gasteiger partial charge in [-0.2, -0.15) is 0 Å². The number of hydrogen-bond acceptors (Lipinski definition) is 1. The highest BCUT2D eigenvalue weighted by Crippen LogP contribution is 2.41. The average Bonchev–Trinajstić information content (AvgIpc) is 2.39. The summed E-state index contributed by atoms with van der Waals surface area (Å²) in [5.41, 5.74) is 0. The molecule has 1 nitrogen and oxygen atoms in total. The van der Waals surface area contributed by atoms with E-state index < -0.39 is 0 Å². The number of ether oxygens (including phenoxy) is 1. The van der Waals surface area contributed by atoms with Gasteiger partial charge in [0.25, 0.3) is 0 Å². The van der Waals surface area contributed by atoms with E-state index in [2.05, 4.69) is 48.7 Å². The molecule has 84 valence electrons. The van der Waals surface area contributed by atoms with Gasteiger partial charge in [0.2, 0.25) is 0 Å². The van der Waals surface area contributed by atoms with Crippen molar-refractivity contribution < 1.29 is 4.74 Å². The summed E-state index contributed by atoms with van der Waals surface area (Å²) in [4.78, 5) is 2.78. The van der Waals surface area contributed by atoms with E-state index in [1.807, 2.05) is 12.1 Å². The van der Waals surface area contributed by atoms with Crippen molar-refractivity contribution in [2.75, 3.05) is 13.4 Å². The van der Waals surface area contributed by atoms with Gasteiger partial charge >= 0.3 is 0 Å². The van der Waals surface area contributed by atoms with Gasteiger partial charge in [0.05, 0.1) is 7.11 Å². The van der Waals surface area contributed by atoms with Gasteiger partial charge in [0.1, 0.15) is 5.75 Å². The van der Waals surface area contributed by atoms with Crippen LogP contribution in [-0.4, -0.2) is 13.4 Å². The van der Waals surface area contributed by atoms with Crippen LogP contribution in [0, 0.1) is 0 Å². The first-order chi connectivity index (χ1) is 7.81. The smallest absolute Gasteiger partial charge is 0.118 e. The molecule has 2 rings (SSSR count). The summed E-state index contributed by atoms with van der Waals surface area (Å²) in [6.07, 6.45) is 2.28. The maximum atomic E-state index is 5.16. The van der Waals surface area contributed by atoms with Crippen molar-refractivity contribution in [3.8, 4) is 5.75 Å². The third-order valence-electron chi connectivity index (χ3n) is 2.60. The monoisotopic (exact) mass is 232 g/mol. The molecule has 2 heteroatoms. The van der Waals surface area contributed by atoms with Crippen LogP contribution in [0.3, 0.4) is 0 Å². The van der Waals surface area contributed by atoms with Gasteiger partial charge in [-0.05, 0) is 40.3 Å². The number of benzene rings is 2. The van der Waals surface area contributed by atoms with Crippen LogP contribution in [0.5, 0.6) is 5.75 Å². The van der Waals surface area contributed by atoms with Crippen molar-refractivity contribution in [3.63, 3.8) is 0 Å². The highest BCUT2D eigenvalue weighted by molar-refractivity contribution is 8.16. The van der Waals surface area contributed by atoms with Crippen molar-refractivity contribution in [2.24, 2.45) is 0 Å². The van der Waals surface area contributed by atoms with Crippen molar-refractivity contribution in [1.82, 2.24) is 0 Å². The Morgan fingerprint density at radius 3 is 1.94 bits per heavy atom. The van der Waals surface area contributed by atoms with Crippen LogP contribution in [0.25, 0.3) is 0 Å². The molecule has 16 heavy (non-hydrogen) atoms. The Morgan fingerprint density at radius 1 is 0.812 bits per heavy atom. The van der Waals surface area contributed by atoms with Gasteiger partial charge in [-0.1, -0.05) is 30.3 Å². The molecule has 0 radical (unpaired) electrons. The predicted octanol–water partition coefficient (Wildman–Crippen LogP) is 3.74. The second-order valence-corrected chi connectivity index (χ2v) is 5.74. The minimum Gasteiger partial charge on any atom is -0.497 e. The summed E-state index contributed by atoms with van der Waals surface area (Å²) in [6, 6.07) is 19.0. The first-order valence-electron chi connectivity index (χ1n) is 5.24. The molecule has 0 spiro atoms. The quantitative estimate of drug-likeness (QED) is 0.793. The molecule has 1 unspecified atom stereocenters. The third kappa shape index (κ3) is 2.39. The molecule has 0 saturated carbocycles. The molecule has 0 aliphatic carbocycles. The summed E-state index contributed by atoms with van der Waals surface area (Å²) >= 11 is 0. The number of rotatable bonds is 3. The molecule has 0 aromatic heterocycles. The van der Waals surface area contributed by atoms with Crippen LogP contribution in [0.4, 0.5) is 0 Å². The first-order valence-corrected chi connectivity index (χ1v) is 7.03. The Kier molecular flexibility index (Phi) is 3.52. The zero-order valence-corrected chi connectivity index (χ0v) is 10.4. The third-order valence-corrected chi connectivity index (χ3v) is 4.75. The van der Waals surface area contributed by atoms with Crippen LogP contribution in [-0.2, 0) is 0 Å². The summed E-state index contributed by atoms with van der Waals surface area (Å²) < 4.78 is 5.16. The largest absolute Gasteiger partial charge is 0.497 e. The first kappa shape index (κ1) is 11.1. The van der Waals surface area contributed by atoms with E-state index in [0.29, 0.717) is 0 Å². The second-order valence-electron chi connectivity index (χ2n) is 3.59. The van der Waals surface area contributed by atoms with E-state index in [4.69, 9.17) is 4.74 Å². The maximum Gasteiger partial charge on any atom is 0.118 e. The van der Waals surface area contributed by atoms with E-state index in [0.717, 1.165) is 5.75 Å². The molecule has 1 atom stereocenters. The number of hydrogen-bond donors (Lipinski definition) is 1. The fraction of sp³-hybridized carbons (Fsp3) is 0.143. The molecule has 0 bridgehead atoms. The SMILES string of the molecule is COc1ccc([SH](C)c2ccccc2)cc1. The van der Waals surface area contributed by atoms with E-state index in [1.165, 1.54) is 9.79 Å². The van der Waals surface area contributed by atoms with Gasteiger partial charge in [-0.15, -0.1) is 0 Å². The standard InChI is InChI=1S/C14H16OS/c1-15-12-8-10-14(11-9-12)16(2)13-6-4-3-5-7-13/h3-11,16H,1-2H3. The molecule has 0 aliphatic heterocycles. The summed E-state index contributed by atoms with van der Waals surface area (Å²) in [5, 5.41) is 0. The normalized spacial score (nSPS) is 13.2. The lowest BCUT2D eigenvalue weighted by Gasteiger charge is -2.17. The van der Waals surface area contributed by atoms with Crippen LogP contribution >= 0.6 is 10.9 Å². The molecule has 0 fully saturated rings. The van der Waals surface area contributed by atoms with E-state index >= 15 is 0 Å². The van der Waals surface area contributed by atoms with Crippen molar-refractivity contribution in [1.29, 1.82) is 0 Å². The Labute approximate surface area is 99.4 Å². The van der Waals surface area contributed by atoms with Gasteiger partial charge < -0.3 is 4.74 Å². The zero-order chi connectivity index (χ0) is 11.4. The number of methoxy groups -OCH3 is 1. The molecule has 0 aliphatic rings. The van der Waals surface area contributed by atoms with E-state index in [-0.39, 0.29) is 10.9 Å². The van der Waals surface area contributed by atoms with Crippen LogP contribution in [0.2, 0.25) is 0 Å². The minimum atomic E-state index is -0.244. The molecule has 0 N–H and O–H groups in total. The molecule has 0 amide bonds. The lowest BCUT2D eigenvalue weighted by molar-refractivity contribution is 0.414. The minimum absolute atomic E-state index is 0.244. The zero-order valence-electron chi connectivity index (χ0n) is 9.55. The Bertz CT molecular complexity index is 436. The second kappa shape index (κ2) is 5.08. The Morgan fingerprint density at radius 2 is 1.38 bits per heavy atom. The fourth-order valence-electron chi connectivity index (χ4n) is 1.61. The van der Waals surface area contributed by atoms with Gasteiger partial charge in [0, 0.05) is 0 Å². The molecule has 0 saturated heterocycles. The van der Waals surface area contributed by atoms with Crippen LogP contribution < -0.4 is 4.74 Å². The summed E-state index contributed by atoms with van der Waals surface area (Å²) in [5.74, 6) is 0.917. The number of thiol groups is 1. The fourth-order valence-corrected chi connectivity index (χ4v) is 3.12. The van der Waals surface area contributed by atoms with Crippen molar-refractivity contribution in [3.05, 3.63) is 54.6 Å². The van der Waals surface area contributed by atoms with Gasteiger partial charge in [0.15, 0.2) is 0 Å². The van der Waals surface area contributed by atoms with Gasteiger partial charge in [-0.3, -0.25) is 0 Å². The van der Waals surface area contributed by atoms with E-state index in [9.17, 15) is 0 Å². The highest BCUT2D eigenvalue weighted by atomic mass is 32.2. The molecule has 2 aromatic carbocycles. The molecule has 0 heterocycles. The van der Waals surface area contributed by atoms with Crippen LogP contribution in [0.15, 0.2) is 64.4 Å².